The van der Waals surface area contributed by atoms with Gasteiger partial charge in [0.1, 0.15) is 19.0 Å². The van der Waals surface area contributed by atoms with E-state index in [0.29, 0.717) is 31.9 Å². The zero-order valence-corrected chi connectivity index (χ0v) is 18.8. The molecule has 0 aliphatic carbocycles. The van der Waals surface area contributed by atoms with Gasteiger partial charge < -0.3 is 19.5 Å². The molecule has 2 aliphatic rings. The Balaban J connectivity index is 1.47. The molecule has 0 saturated carbocycles. The Morgan fingerprint density at radius 1 is 1.19 bits per heavy atom. The van der Waals surface area contributed by atoms with Gasteiger partial charge in [0, 0.05) is 29.7 Å². The van der Waals surface area contributed by atoms with E-state index >= 15 is 0 Å². The van der Waals surface area contributed by atoms with Crippen LogP contribution in [-0.4, -0.2) is 60.3 Å². The van der Waals surface area contributed by atoms with E-state index in [-0.39, 0.29) is 37.5 Å². The first-order valence-corrected chi connectivity index (χ1v) is 11.3. The second kappa shape index (κ2) is 9.97. The lowest BCUT2D eigenvalue weighted by atomic mass is 10.0. The van der Waals surface area contributed by atoms with Gasteiger partial charge in [0.05, 0.1) is 19.2 Å². The van der Waals surface area contributed by atoms with E-state index in [4.69, 9.17) is 9.47 Å². The summed E-state index contributed by atoms with van der Waals surface area (Å²) in [5.74, 6) is 1.10. The number of halogens is 2. The molecule has 1 unspecified atom stereocenters. The van der Waals surface area contributed by atoms with Crippen molar-refractivity contribution in [3.8, 4) is 11.5 Å². The predicted molar refractivity (Wildman–Crippen MR) is 118 cm³/mol. The van der Waals surface area contributed by atoms with Gasteiger partial charge >= 0.3 is 0 Å². The van der Waals surface area contributed by atoms with Crippen molar-refractivity contribution in [2.45, 2.75) is 25.4 Å². The van der Waals surface area contributed by atoms with E-state index in [2.05, 4.69) is 15.9 Å². The maximum absolute atomic E-state index is 14.2. The Morgan fingerprint density at radius 3 is 2.81 bits per heavy atom. The molecule has 0 bridgehead atoms. The highest BCUT2D eigenvalue weighted by atomic mass is 79.9. The fraction of sp³-hybridized carbons (Fsp3) is 0.435. The standard InChI is InChI=1S/C23H26BrFN2O4/c24-18-4-5-19(25)17(12-18)14-26(8-9-28)15-23(29)27-7-1-2-20(27)16-3-6-21-22(13-16)31-11-10-30-21/h3-6,12-13,20,28H,1-2,7-11,14-15H2. The average Bonchev–Trinajstić information content (AvgIpc) is 3.26. The van der Waals surface area contributed by atoms with Crippen LogP contribution in [-0.2, 0) is 11.3 Å². The number of benzene rings is 2. The first-order chi connectivity index (χ1) is 15.0. The molecule has 2 heterocycles. The third-order valence-electron chi connectivity index (χ3n) is 5.70. The number of likely N-dealkylation sites (tertiary alicyclic amines) is 1. The zero-order valence-electron chi connectivity index (χ0n) is 17.2. The van der Waals surface area contributed by atoms with Crippen LogP contribution in [0.4, 0.5) is 4.39 Å². The molecule has 31 heavy (non-hydrogen) atoms. The van der Waals surface area contributed by atoms with Crippen LogP contribution < -0.4 is 9.47 Å². The van der Waals surface area contributed by atoms with Crippen molar-refractivity contribution < 1.29 is 23.8 Å². The second-order valence-corrected chi connectivity index (χ2v) is 8.73. The lowest BCUT2D eigenvalue weighted by Gasteiger charge is -2.29. The van der Waals surface area contributed by atoms with Crippen LogP contribution in [0.15, 0.2) is 40.9 Å². The minimum absolute atomic E-state index is 0.0260. The molecule has 0 aromatic heterocycles. The summed E-state index contributed by atoms with van der Waals surface area (Å²) < 4.78 is 26.3. The van der Waals surface area contributed by atoms with Gasteiger partial charge in [-0.1, -0.05) is 22.0 Å². The van der Waals surface area contributed by atoms with Crippen LogP contribution in [0.3, 0.4) is 0 Å². The molecule has 2 aromatic carbocycles. The van der Waals surface area contributed by atoms with E-state index in [0.717, 1.165) is 34.4 Å². The number of hydrogen-bond acceptors (Lipinski definition) is 5. The molecule has 1 N–H and O–H groups in total. The smallest absolute Gasteiger partial charge is 0.237 e. The molecule has 1 atom stereocenters. The first kappa shape index (κ1) is 22.0. The normalized spacial score (nSPS) is 17.9. The molecule has 6 nitrogen and oxygen atoms in total. The maximum Gasteiger partial charge on any atom is 0.237 e. The molecule has 1 fully saturated rings. The second-order valence-electron chi connectivity index (χ2n) is 7.82. The summed E-state index contributed by atoms with van der Waals surface area (Å²) >= 11 is 3.36. The van der Waals surface area contributed by atoms with Crippen LogP contribution in [0, 0.1) is 5.82 Å². The van der Waals surface area contributed by atoms with Crippen LogP contribution in [0.5, 0.6) is 11.5 Å². The van der Waals surface area contributed by atoms with Gasteiger partial charge in [-0.3, -0.25) is 9.69 Å². The number of fused-ring (bicyclic) bond motifs is 1. The average molecular weight is 493 g/mol. The number of aliphatic hydroxyl groups is 1. The van der Waals surface area contributed by atoms with Crippen LogP contribution >= 0.6 is 15.9 Å². The number of amides is 1. The summed E-state index contributed by atoms with van der Waals surface area (Å²) in [7, 11) is 0. The molecule has 0 spiro atoms. The lowest BCUT2D eigenvalue weighted by molar-refractivity contribution is -0.133. The van der Waals surface area contributed by atoms with Crippen molar-refractivity contribution in [1.82, 2.24) is 9.80 Å². The fourth-order valence-corrected chi connectivity index (χ4v) is 4.63. The lowest BCUT2D eigenvalue weighted by Crippen LogP contribution is -2.41. The van der Waals surface area contributed by atoms with Crippen molar-refractivity contribution in [2.75, 3.05) is 39.5 Å². The molecular weight excluding hydrogens is 467 g/mol. The number of carbonyl (C=O) groups excluding carboxylic acids is 1. The Bertz CT molecular complexity index is 942. The summed E-state index contributed by atoms with van der Waals surface area (Å²) in [5.41, 5.74) is 1.52. The van der Waals surface area contributed by atoms with Gasteiger partial charge in [0.15, 0.2) is 11.5 Å². The first-order valence-electron chi connectivity index (χ1n) is 10.5. The molecule has 4 rings (SSSR count). The summed E-state index contributed by atoms with van der Waals surface area (Å²) in [6.07, 6.45) is 1.80. The van der Waals surface area contributed by atoms with Crippen molar-refractivity contribution in [1.29, 1.82) is 0 Å². The third-order valence-corrected chi connectivity index (χ3v) is 6.19. The molecule has 166 valence electrons. The molecule has 1 amide bonds. The third kappa shape index (κ3) is 5.19. The predicted octanol–water partition coefficient (Wildman–Crippen LogP) is 3.52. The molecule has 2 aliphatic heterocycles. The SMILES string of the molecule is O=C(CN(CCO)Cc1cc(Br)ccc1F)N1CCCC1c1ccc2c(c1)OCCO2. The van der Waals surface area contributed by atoms with E-state index in [1.807, 2.05) is 23.1 Å². The van der Waals surface area contributed by atoms with Crippen molar-refractivity contribution in [2.24, 2.45) is 0 Å². The topological polar surface area (TPSA) is 62.2 Å². The monoisotopic (exact) mass is 492 g/mol. The van der Waals surface area contributed by atoms with E-state index < -0.39 is 0 Å². The summed E-state index contributed by atoms with van der Waals surface area (Å²) in [6.45, 7) is 2.30. The van der Waals surface area contributed by atoms with Gasteiger partial charge in [0.25, 0.3) is 0 Å². The maximum atomic E-state index is 14.2. The number of rotatable bonds is 7. The van der Waals surface area contributed by atoms with Gasteiger partial charge in [-0.15, -0.1) is 0 Å². The van der Waals surface area contributed by atoms with Crippen molar-refractivity contribution >= 4 is 21.8 Å². The van der Waals surface area contributed by atoms with Gasteiger partial charge in [0.2, 0.25) is 5.91 Å². The van der Waals surface area contributed by atoms with E-state index in [9.17, 15) is 14.3 Å². The van der Waals surface area contributed by atoms with Crippen LogP contribution in [0.1, 0.15) is 30.0 Å². The Kier molecular flexibility index (Phi) is 7.09. The Labute approximate surface area is 189 Å². The summed E-state index contributed by atoms with van der Waals surface area (Å²) in [6, 6.07) is 10.6. The Morgan fingerprint density at radius 2 is 2.00 bits per heavy atom. The van der Waals surface area contributed by atoms with Crippen LogP contribution in [0.2, 0.25) is 0 Å². The number of nitrogens with zero attached hydrogens (tertiary/aromatic N) is 2. The van der Waals surface area contributed by atoms with Crippen LogP contribution in [0.25, 0.3) is 0 Å². The highest BCUT2D eigenvalue weighted by molar-refractivity contribution is 9.10. The molecule has 8 heteroatoms. The van der Waals surface area contributed by atoms with Gasteiger partial charge in [-0.05, 0) is 48.7 Å². The summed E-state index contributed by atoms with van der Waals surface area (Å²) in [4.78, 5) is 16.9. The molecule has 0 radical (unpaired) electrons. The quantitative estimate of drug-likeness (QED) is 0.640. The zero-order chi connectivity index (χ0) is 21.8. The van der Waals surface area contributed by atoms with E-state index in [1.165, 1.54) is 6.07 Å². The number of carbonyl (C=O) groups is 1. The minimum Gasteiger partial charge on any atom is -0.486 e. The largest absolute Gasteiger partial charge is 0.486 e. The number of hydrogen-bond donors (Lipinski definition) is 1. The summed E-state index contributed by atoms with van der Waals surface area (Å²) in [5, 5.41) is 9.46. The molecule has 1 saturated heterocycles. The number of ether oxygens (including phenoxy) is 2. The van der Waals surface area contributed by atoms with E-state index in [1.54, 1.807) is 17.0 Å². The highest BCUT2D eigenvalue weighted by Crippen LogP contribution is 2.38. The van der Waals surface area contributed by atoms with Gasteiger partial charge in [-0.2, -0.15) is 0 Å². The van der Waals surface area contributed by atoms with Crippen molar-refractivity contribution in [3.63, 3.8) is 0 Å². The molecular formula is C23H26BrFN2O4. The fourth-order valence-electron chi connectivity index (χ4n) is 4.22. The van der Waals surface area contributed by atoms with Gasteiger partial charge in [-0.25, -0.2) is 4.39 Å². The highest BCUT2D eigenvalue weighted by Gasteiger charge is 2.31. The van der Waals surface area contributed by atoms with Crippen molar-refractivity contribution in [3.05, 3.63) is 57.8 Å². The number of aliphatic hydroxyl groups excluding tert-OH is 1. The molecule has 2 aromatic rings. The minimum atomic E-state index is -0.325. The Hall–Kier alpha value is -2.16.